The van der Waals surface area contributed by atoms with E-state index in [9.17, 15) is 4.79 Å². The molecular weight excluding hydrogens is 410 g/mol. The van der Waals surface area contributed by atoms with Gasteiger partial charge in [-0.1, -0.05) is 60.7 Å². The fourth-order valence-electron chi connectivity index (χ4n) is 3.90. The third-order valence-electron chi connectivity index (χ3n) is 5.62. The molecule has 4 nitrogen and oxygen atoms in total. The fraction of sp³-hybridized carbons (Fsp3) is 0.207. The van der Waals surface area contributed by atoms with Gasteiger partial charge in [0.1, 0.15) is 5.75 Å². The molecule has 4 heteroatoms. The van der Waals surface area contributed by atoms with Crippen molar-refractivity contribution in [3.63, 3.8) is 0 Å². The number of hydrogen-bond acceptors (Lipinski definition) is 3. The van der Waals surface area contributed by atoms with Crippen LogP contribution in [0.4, 0.5) is 0 Å². The minimum atomic E-state index is -0.692. The molecule has 0 amide bonds. The SMILES string of the molecule is CCOC(=O)[C@@H](Cc1ccccc1)Oc1ccc(-c2ccc(C)n2Cc2ccccc2)cc1. The second kappa shape index (κ2) is 10.7. The maximum Gasteiger partial charge on any atom is 0.347 e. The highest BCUT2D eigenvalue weighted by atomic mass is 16.6. The Hall–Kier alpha value is -3.79. The highest BCUT2D eigenvalue weighted by molar-refractivity contribution is 5.75. The van der Waals surface area contributed by atoms with E-state index in [0.717, 1.165) is 23.4 Å². The summed E-state index contributed by atoms with van der Waals surface area (Å²) in [7, 11) is 0. The zero-order chi connectivity index (χ0) is 23.0. The molecule has 0 radical (unpaired) electrons. The third kappa shape index (κ3) is 5.72. The molecule has 33 heavy (non-hydrogen) atoms. The van der Waals surface area contributed by atoms with Gasteiger partial charge in [0.2, 0.25) is 0 Å². The lowest BCUT2D eigenvalue weighted by molar-refractivity contribution is -0.151. The van der Waals surface area contributed by atoms with Crippen LogP contribution in [-0.2, 0) is 22.5 Å². The molecule has 0 N–H and O–H groups in total. The first-order valence-electron chi connectivity index (χ1n) is 11.3. The number of rotatable bonds is 9. The number of nitrogens with zero attached hydrogens (tertiary/aromatic N) is 1. The highest BCUT2D eigenvalue weighted by Gasteiger charge is 2.22. The quantitative estimate of drug-likeness (QED) is 0.297. The number of esters is 1. The average Bonchev–Trinajstić information content (AvgIpc) is 3.20. The van der Waals surface area contributed by atoms with Crippen molar-refractivity contribution in [2.24, 2.45) is 0 Å². The Kier molecular flexibility index (Phi) is 7.26. The van der Waals surface area contributed by atoms with Crippen LogP contribution < -0.4 is 4.74 Å². The molecule has 168 valence electrons. The van der Waals surface area contributed by atoms with E-state index in [1.807, 2.05) is 60.7 Å². The van der Waals surface area contributed by atoms with E-state index in [1.54, 1.807) is 6.92 Å². The van der Waals surface area contributed by atoms with Gasteiger partial charge in [-0.2, -0.15) is 0 Å². The minimum Gasteiger partial charge on any atom is -0.478 e. The van der Waals surface area contributed by atoms with Crippen LogP contribution in [0.2, 0.25) is 0 Å². The summed E-state index contributed by atoms with van der Waals surface area (Å²) < 4.78 is 13.6. The van der Waals surface area contributed by atoms with Gasteiger partial charge in [0.15, 0.2) is 6.10 Å². The Bertz CT molecular complexity index is 1160. The zero-order valence-corrected chi connectivity index (χ0v) is 19.1. The molecule has 0 unspecified atom stereocenters. The molecule has 0 aliphatic carbocycles. The Morgan fingerprint density at radius 3 is 2.09 bits per heavy atom. The summed E-state index contributed by atoms with van der Waals surface area (Å²) in [6, 6.07) is 32.5. The molecule has 1 heterocycles. The molecule has 3 aromatic carbocycles. The topological polar surface area (TPSA) is 40.5 Å². The smallest absolute Gasteiger partial charge is 0.347 e. The van der Waals surface area contributed by atoms with Crippen LogP contribution in [0.15, 0.2) is 97.1 Å². The number of benzene rings is 3. The van der Waals surface area contributed by atoms with Crippen molar-refractivity contribution in [3.8, 4) is 17.0 Å². The molecule has 0 fully saturated rings. The summed E-state index contributed by atoms with van der Waals surface area (Å²) in [6.07, 6.45) is -0.233. The van der Waals surface area contributed by atoms with Crippen molar-refractivity contribution in [1.82, 2.24) is 4.57 Å². The van der Waals surface area contributed by atoms with Gasteiger partial charge >= 0.3 is 5.97 Å². The Morgan fingerprint density at radius 1 is 0.818 bits per heavy atom. The van der Waals surface area contributed by atoms with Crippen molar-refractivity contribution in [3.05, 3.63) is 114 Å². The predicted molar refractivity (Wildman–Crippen MR) is 131 cm³/mol. The fourth-order valence-corrected chi connectivity index (χ4v) is 3.90. The second-order valence-corrected chi connectivity index (χ2v) is 8.00. The van der Waals surface area contributed by atoms with Crippen LogP contribution in [0.25, 0.3) is 11.3 Å². The van der Waals surface area contributed by atoms with Crippen LogP contribution in [-0.4, -0.2) is 23.2 Å². The van der Waals surface area contributed by atoms with Gasteiger partial charge in [-0.05, 0) is 66.9 Å². The number of aryl methyl sites for hydroxylation is 1. The largest absolute Gasteiger partial charge is 0.478 e. The van der Waals surface area contributed by atoms with Gasteiger partial charge in [-0.3, -0.25) is 0 Å². The highest BCUT2D eigenvalue weighted by Crippen LogP contribution is 2.26. The number of carbonyl (C=O) groups is 1. The maximum atomic E-state index is 12.5. The zero-order valence-electron chi connectivity index (χ0n) is 19.1. The molecule has 1 aromatic heterocycles. The second-order valence-electron chi connectivity index (χ2n) is 8.00. The molecule has 0 bridgehead atoms. The van der Waals surface area contributed by atoms with Crippen LogP contribution in [0.5, 0.6) is 5.75 Å². The molecule has 0 aliphatic rings. The minimum absolute atomic E-state index is 0.324. The van der Waals surface area contributed by atoms with Crippen molar-refractivity contribution < 1.29 is 14.3 Å². The van der Waals surface area contributed by atoms with Gasteiger partial charge in [-0.15, -0.1) is 0 Å². The number of ether oxygens (including phenoxy) is 2. The summed E-state index contributed by atoms with van der Waals surface area (Å²) in [5, 5.41) is 0. The Balaban J connectivity index is 1.52. The molecule has 0 saturated heterocycles. The standard InChI is InChI=1S/C29H29NO3/c1-3-32-29(31)28(20-23-10-6-4-7-11-23)33-26-17-15-25(16-18-26)27-19-14-22(2)30(27)21-24-12-8-5-9-13-24/h4-19,28H,3,20-21H2,1-2H3/t28-/m1/s1. The van der Waals surface area contributed by atoms with E-state index >= 15 is 0 Å². The van der Waals surface area contributed by atoms with Crippen LogP contribution >= 0.6 is 0 Å². The maximum absolute atomic E-state index is 12.5. The van der Waals surface area contributed by atoms with Gasteiger partial charge in [0.05, 0.1) is 6.61 Å². The molecule has 4 aromatic rings. The molecule has 1 atom stereocenters. The molecule has 0 aliphatic heterocycles. The summed E-state index contributed by atoms with van der Waals surface area (Å²) in [4.78, 5) is 12.5. The molecule has 0 spiro atoms. The molecular formula is C29H29NO3. The van der Waals surface area contributed by atoms with Gasteiger partial charge in [-0.25, -0.2) is 4.79 Å². The van der Waals surface area contributed by atoms with E-state index in [2.05, 4.69) is 47.9 Å². The summed E-state index contributed by atoms with van der Waals surface area (Å²) in [6.45, 7) is 5.07. The van der Waals surface area contributed by atoms with E-state index in [4.69, 9.17) is 9.47 Å². The lowest BCUT2D eigenvalue weighted by Crippen LogP contribution is -2.31. The Labute approximate surface area is 195 Å². The van der Waals surface area contributed by atoms with Crippen molar-refractivity contribution in [1.29, 1.82) is 0 Å². The van der Waals surface area contributed by atoms with Crippen molar-refractivity contribution >= 4 is 5.97 Å². The predicted octanol–water partition coefficient (Wildman–Crippen LogP) is 6.07. The van der Waals surface area contributed by atoms with Gasteiger partial charge < -0.3 is 14.0 Å². The first-order chi connectivity index (χ1) is 16.1. The Morgan fingerprint density at radius 2 is 1.45 bits per heavy atom. The van der Waals surface area contributed by atoms with E-state index in [1.165, 1.54) is 11.3 Å². The van der Waals surface area contributed by atoms with Crippen molar-refractivity contribution in [2.75, 3.05) is 6.61 Å². The number of hydrogen-bond donors (Lipinski definition) is 0. The van der Waals surface area contributed by atoms with Crippen LogP contribution in [0.3, 0.4) is 0 Å². The average molecular weight is 440 g/mol. The van der Waals surface area contributed by atoms with Crippen LogP contribution in [0, 0.1) is 6.92 Å². The first-order valence-corrected chi connectivity index (χ1v) is 11.3. The summed E-state index contributed by atoms with van der Waals surface area (Å²) >= 11 is 0. The van der Waals surface area contributed by atoms with Gasteiger partial charge in [0, 0.05) is 24.4 Å². The molecule has 0 saturated carbocycles. The monoisotopic (exact) mass is 439 g/mol. The lowest BCUT2D eigenvalue weighted by Gasteiger charge is -2.18. The normalized spacial score (nSPS) is 11.7. The lowest BCUT2D eigenvalue weighted by atomic mass is 10.1. The van der Waals surface area contributed by atoms with E-state index < -0.39 is 6.10 Å². The third-order valence-corrected chi connectivity index (χ3v) is 5.62. The van der Waals surface area contributed by atoms with E-state index in [0.29, 0.717) is 18.8 Å². The first kappa shape index (κ1) is 22.4. The van der Waals surface area contributed by atoms with Crippen molar-refractivity contribution in [2.45, 2.75) is 32.9 Å². The summed E-state index contributed by atoms with van der Waals surface area (Å²) in [5.74, 6) is 0.295. The summed E-state index contributed by atoms with van der Waals surface area (Å²) in [5.41, 5.74) is 5.74. The van der Waals surface area contributed by atoms with Crippen LogP contribution in [0.1, 0.15) is 23.7 Å². The number of carbonyl (C=O) groups excluding carboxylic acids is 1. The van der Waals surface area contributed by atoms with E-state index in [-0.39, 0.29) is 5.97 Å². The number of aromatic nitrogens is 1. The molecule has 4 rings (SSSR count). The van der Waals surface area contributed by atoms with Gasteiger partial charge in [0.25, 0.3) is 0 Å².